The molecule has 2 atom stereocenters. The van der Waals surface area contributed by atoms with Gasteiger partial charge in [0.2, 0.25) is 5.91 Å². The van der Waals surface area contributed by atoms with Gasteiger partial charge in [0, 0.05) is 25.9 Å². The number of nitrogens with one attached hydrogen (secondary N) is 1. The van der Waals surface area contributed by atoms with Gasteiger partial charge in [0.25, 0.3) is 0 Å². The Bertz CT molecular complexity index is 386. The molecule has 2 unspecified atom stereocenters. The standard InChI is InChI=1S/C14H24N2O5/c1-3-12(17)16-8-10(5-6-13(18)19)7-11(9-16)15-14(20)21-4-2/h10-11H,3-9H2,1-2H3,(H,15,20)(H,18,19). The number of rotatable bonds is 6. The van der Waals surface area contributed by atoms with Crippen molar-refractivity contribution in [1.29, 1.82) is 0 Å². The summed E-state index contributed by atoms with van der Waals surface area (Å²) in [6.07, 6.45) is 1.15. The van der Waals surface area contributed by atoms with Crippen LogP contribution in [0, 0.1) is 5.92 Å². The van der Waals surface area contributed by atoms with Gasteiger partial charge in [-0.1, -0.05) is 6.92 Å². The van der Waals surface area contributed by atoms with Gasteiger partial charge in [-0.3, -0.25) is 9.59 Å². The molecular formula is C14H24N2O5. The molecule has 0 aromatic carbocycles. The summed E-state index contributed by atoms with van der Waals surface area (Å²) < 4.78 is 4.85. The zero-order valence-electron chi connectivity index (χ0n) is 12.6. The number of carboxylic acids is 1. The summed E-state index contributed by atoms with van der Waals surface area (Å²) in [5.74, 6) is -0.744. The normalized spacial score (nSPS) is 21.7. The smallest absolute Gasteiger partial charge is 0.407 e. The van der Waals surface area contributed by atoms with Crippen LogP contribution in [0.25, 0.3) is 0 Å². The lowest BCUT2D eigenvalue weighted by Gasteiger charge is -2.37. The second-order valence-electron chi connectivity index (χ2n) is 5.25. The number of hydrogen-bond donors (Lipinski definition) is 2. The van der Waals surface area contributed by atoms with Crippen molar-refractivity contribution in [2.75, 3.05) is 19.7 Å². The van der Waals surface area contributed by atoms with E-state index in [0.29, 0.717) is 39.0 Å². The minimum atomic E-state index is -0.844. The maximum Gasteiger partial charge on any atom is 0.407 e. The maximum absolute atomic E-state index is 11.9. The van der Waals surface area contributed by atoms with Gasteiger partial charge in [0.05, 0.1) is 12.6 Å². The lowest BCUT2D eigenvalue weighted by molar-refractivity contribution is -0.137. The van der Waals surface area contributed by atoms with E-state index in [9.17, 15) is 14.4 Å². The Morgan fingerprint density at radius 2 is 2.00 bits per heavy atom. The first-order chi connectivity index (χ1) is 9.96. The van der Waals surface area contributed by atoms with Crippen molar-refractivity contribution in [2.45, 2.75) is 45.6 Å². The zero-order chi connectivity index (χ0) is 15.8. The summed E-state index contributed by atoms with van der Waals surface area (Å²) in [7, 11) is 0. The largest absolute Gasteiger partial charge is 0.481 e. The number of nitrogens with zero attached hydrogens (tertiary/aromatic N) is 1. The number of piperidine rings is 1. The van der Waals surface area contributed by atoms with Crippen LogP contribution in [0.3, 0.4) is 0 Å². The van der Waals surface area contributed by atoms with Crippen LogP contribution in [0.2, 0.25) is 0 Å². The maximum atomic E-state index is 11.9. The summed E-state index contributed by atoms with van der Waals surface area (Å²) in [5.41, 5.74) is 0. The van der Waals surface area contributed by atoms with Crippen molar-refractivity contribution in [3.63, 3.8) is 0 Å². The van der Waals surface area contributed by atoms with E-state index in [4.69, 9.17) is 9.84 Å². The van der Waals surface area contributed by atoms with Crippen molar-refractivity contribution in [1.82, 2.24) is 10.2 Å². The van der Waals surface area contributed by atoms with Crippen molar-refractivity contribution in [3.8, 4) is 0 Å². The minimum absolute atomic E-state index is 0.0192. The minimum Gasteiger partial charge on any atom is -0.481 e. The Morgan fingerprint density at radius 1 is 1.29 bits per heavy atom. The van der Waals surface area contributed by atoms with E-state index in [1.165, 1.54) is 0 Å². The van der Waals surface area contributed by atoms with Gasteiger partial charge in [-0.05, 0) is 25.7 Å². The van der Waals surface area contributed by atoms with Gasteiger partial charge in [0.1, 0.15) is 0 Å². The van der Waals surface area contributed by atoms with Crippen LogP contribution in [0.5, 0.6) is 0 Å². The molecule has 1 heterocycles. The number of ether oxygens (including phenoxy) is 1. The van der Waals surface area contributed by atoms with Crippen LogP contribution in [-0.2, 0) is 14.3 Å². The fourth-order valence-corrected chi connectivity index (χ4v) is 2.61. The highest BCUT2D eigenvalue weighted by atomic mass is 16.5. The zero-order valence-corrected chi connectivity index (χ0v) is 12.6. The van der Waals surface area contributed by atoms with Crippen LogP contribution < -0.4 is 5.32 Å². The molecule has 0 aliphatic carbocycles. The molecule has 2 N–H and O–H groups in total. The Labute approximate surface area is 124 Å². The van der Waals surface area contributed by atoms with E-state index in [2.05, 4.69) is 5.32 Å². The summed E-state index contributed by atoms with van der Waals surface area (Å²) in [6.45, 7) is 4.81. The van der Waals surface area contributed by atoms with Crippen LogP contribution in [0.1, 0.15) is 39.5 Å². The third-order valence-electron chi connectivity index (χ3n) is 3.56. The van der Waals surface area contributed by atoms with E-state index in [1.807, 2.05) is 0 Å². The first kappa shape index (κ1) is 17.3. The van der Waals surface area contributed by atoms with Crippen LogP contribution in [0.4, 0.5) is 4.79 Å². The number of hydrogen-bond acceptors (Lipinski definition) is 4. The predicted octanol–water partition coefficient (Wildman–Crippen LogP) is 1.22. The number of carbonyl (C=O) groups excluding carboxylic acids is 2. The molecular weight excluding hydrogens is 276 g/mol. The van der Waals surface area contributed by atoms with Crippen LogP contribution in [-0.4, -0.2) is 53.7 Å². The summed E-state index contributed by atoms with van der Waals surface area (Å²) in [4.78, 5) is 35.8. The van der Waals surface area contributed by atoms with Crippen molar-refractivity contribution in [2.24, 2.45) is 5.92 Å². The van der Waals surface area contributed by atoms with Gasteiger partial charge >= 0.3 is 12.1 Å². The van der Waals surface area contributed by atoms with Crippen molar-refractivity contribution < 1.29 is 24.2 Å². The van der Waals surface area contributed by atoms with Gasteiger partial charge in [0.15, 0.2) is 0 Å². The molecule has 7 heteroatoms. The van der Waals surface area contributed by atoms with Gasteiger partial charge in [-0.25, -0.2) is 4.79 Å². The van der Waals surface area contributed by atoms with Crippen LogP contribution in [0.15, 0.2) is 0 Å². The highest BCUT2D eigenvalue weighted by molar-refractivity contribution is 5.76. The third kappa shape index (κ3) is 6.01. The number of amides is 2. The molecule has 0 aromatic rings. The Balaban J connectivity index is 2.62. The molecule has 1 aliphatic rings. The molecule has 1 saturated heterocycles. The van der Waals surface area contributed by atoms with Crippen LogP contribution >= 0.6 is 0 Å². The van der Waals surface area contributed by atoms with E-state index in [1.54, 1.807) is 18.7 Å². The quantitative estimate of drug-likeness (QED) is 0.769. The predicted molar refractivity (Wildman–Crippen MR) is 75.8 cm³/mol. The molecule has 21 heavy (non-hydrogen) atoms. The SMILES string of the molecule is CCOC(=O)NC1CC(CCC(=O)O)CN(C(=O)CC)C1. The molecule has 2 amide bonds. The summed E-state index contributed by atoms with van der Waals surface area (Å²) in [5, 5.41) is 11.5. The molecule has 0 saturated carbocycles. The molecule has 0 bridgehead atoms. The molecule has 1 rings (SSSR count). The number of alkyl carbamates (subject to hydrolysis) is 1. The average molecular weight is 300 g/mol. The number of likely N-dealkylation sites (tertiary alicyclic amines) is 1. The Hall–Kier alpha value is -1.79. The molecule has 0 radical (unpaired) electrons. The second kappa shape index (κ2) is 8.49. The van der Waals surface area contributed by atoms with Crippen molar-refractivity contribution in [3.05, 3.63) is 0 Å². The average Bonchev–Trinajstić information content (AvgIpc) is 2.44. The fourth-order valence-electron chi connectivity index (χ4n) is 2.61. The van der Waals surface area contributed by atoms with Crippen molar-refractivity contribution >= 4 is 18.0 Å². The number of carbonyl (C=O) groups is 3. The van der Waals surface area contributed by atoms with E-state index >= 15 is 0 Å². The third-order valence-corrected chi connectivity index (χ3v) is 3.56. The second-order valence-corrected chi connectivity index (χ2v) is 5.25. The van der Waals surface area contributed by atoms with Gasteiger partial charge < -0.3 is 20.1 Å². The number of aliphatic carboxylic acids is 1. The molecule has 120 valence electrons. The van der Waals surface area contributed by atoms with E-state index in [0.717, 1.165) is 0 Å². The highest BCUT2D eigenvalue weighted by Gasteiger charge is 2.30. The fraction of sp³-hybridized carbons (Fsp3) is 0.786. The van der Waals surface area contributed by atoms with Gasteiger partial charge in [-0.15, -0.1) is 0 Å². The molecule has 1 fully saturated rings. The number of carboxylic acid groups (broad SMARTS) is 1. The molecule has 0 aromatic heterocycles. The Morgan fingerprint density at radius 3 is 2.57 bits per heavy atom. The first-order valence-electron chi connectivity index (χ1n) is 7.39. The summed E-state index contributed by atoms with van der Waals surface area (Å²) >= 11 is 0. The monoisotopic (exact) mass is 300 g/mol. The van der Waals surface area contributed by atoms with E-state index < -0.39 is 12.1 Å². The lowest BCUT2D eigenvalue weighted by Crippen LogP contribution is -2.52. The lowest BCUT2D eigenvalue weighted by atomic mass is 9.90. The molecule has 1 aliphatic heterocycles. The Kier molecular flexibility index (Phi) is 6.98. The topological polar surface area (TPSA) is 95.9 Å². The molecule has 7 nitrogen and oxygen atoms in total. The van der Waals surface area contributed by atoms with E-state index in [-0.39, 0.29) is 24.3 Å². The highest BCUT2D eigenvalue weighted by Crippen LogP contribution is 2.22. The van der Waals surface area contributed by atoms with Gasteiger partial charge in [-0.2, -0.15) is 0 Å². The first-order valence-corrected chi connectivity index (χ1v) is 7.39. The summed E-state index contributed by atoms with van der Waals surface area (Å²) in [6, 6.07) is -0.188. The molecule has 0 spiro atoms.